The van der Waals surface area contributed by atoms with Crippen molar-refractivity contribution in [3.05, 3.63) is 71.5 Å². The number of halogens is 2. The summed E-state index contributed by atoms with van der Waals surface area (Å²) in [4.78, 5) is 6.93. The van der Waals surface area contributed by atoms with Gasteiger partial charge in [0.2, 0.25) is 0 Å². The van der Waals surface area contributed by atoms with Gasteiger partial charge in [-0.1, -0.05) is 35.6 Å². The minimum absolute atomic E-state index is 0. The van der Waals surface area contributed by atoms with Crippen LogP contribution in [0.1, 0.15) is 11.1 Å². The third kappa shape index (κ3) is 6.10. The van der Waals surface area contributed by atoms with E-state index in [1.54, 1.807) is 50.9 Å². The van der Waals surface area contributed by atoms with Gasteiger partial charge in [0.05, 0.1) is 31.5 Å². The molecule has 10 heteroatoms. The average Bonchev–Trinajstić information content (AvgIpc) is 3.30. The first-order valence-electron chi connectivity index (χ1n) is 11.1. The molecule has 1 heterocycles. The third-order valence-electron chi connectivity index (χ3n) is 5.49. The van der Waals surface area contributed by atoms with Crippen molar-refractivity contribution in [1.82, 2.24) is 4.98 Å². The zero-order chi connectivity index (χ0) is 24.8. The number of aromatic nitrogens is 1. The van der Waals surface area contributed by atoms with E-state index in [1.165, 1.54) is 6.07 Å². The maximum Gasteiger partial charge on any atom is 0.186 e. The quantitative estimate of drug-likeness (QED) is 0.275. The Morgan fingerprint density at radius 3 is 2.31 bits per heavy atom. The number of fused-ring (bicyclic) bond motifs is 1. The van der Waals surface area contributed by atoms with E-state index in [9.17, 15) is 4.39 Å². The number of methoxy groups -OCH3 is 3. The molecule has 0 aliphatic carbocycles. The lowest BCUT2D eigenvalue weighted by atomic mass is 10.2. The largest absolute Gasteiger partial charge is 0.493 e. The summed E-state index contributed by atoms with van der Waals surface area (Å²) < 4.78 is 37.1. The van der Waals surface area contributed by atoms with E-state index in [0.717, 1.165) is 20.9 Å². The zero-order valence-electron chi connectivity index (χ0n) is 20.3. The van der Waals surface area contributed by atoms with E-state index < -0.39 is 0 Å². The summed E-state index contributed by atoms with van der Waals surface area (Å²) in [6.07, 6.45) is 0. The van der Waals surface area contributed by atoms with Gasteiger partial charge in [-0.05, 0) is 23.8 Å². The molecule has 0 fully saturated rings. The molecule has 2 N–H and O–H groups in total. The predicted molar refractivity (Wildman–Crippen MR) is 144 cm³/mol. The van der Waals surface area contributed by atoms with Crippen LogP contribution in [-0.2, 0) is 13.2 Å². The van der Waals surface area contributed by atoms with Crippen LogP contribution in [0.4, 0.5) is 9.52 Å². The van der Waals surface area contributed by atoms with Crippen LogP contribution in [0.2, 0.25) is 0 Å². The van der Waals surface area contributed by atoms with Gasteiger partial charge < -0.3 is 29.6 Å². The maximum absolute atomic E-state index is 13.9. The molecule has 0 radical (unpaired) electrons. The number of benzene rings is 3. The van der Waals surface area contributed by atoms with Gasteiger partial charge >= 0.3 is 0 Å². The highest BCUT2D eigenvalue weighted by atomic mass is 35.5. The second-order valence-electron chi connectivity index (χ2n) is 7.75. The van der Waals surface area contributed by atoms with Gasteiger partial charge in [-0.3, -0.25) is 0 Å². The Morgan fingerprint density at radius 2 is 1.61 bits per heavy atom. The molecule has 36 heavy (non-hydrogen) atoms. The van der Waals surface area contributed by atoms with Gasteiger partial charge in [0.15, 0.2) is 28.1 Å². The highest BCUT2D eigenvalue weighted by Gasteiger charge is 2.17. The van der Waals surface area contributed by atoms with Gasteiger partial charge in [-0.25, -0.2) is 9.37 Å². The fourth-order valence-electron chi connectivity index (χ4n) is 3.70. The van der Waals surface area contributed by atoms with E-state index in [2.05, 4.69) is 4.90 Å². The summed E-state index contributed by atoms with van der Waals surface area (Å²) >= 11 is 1.57. The van der Waals surface area contributed by atoms with Crippen LogP contribution < -0.4 is 29.6 Å². The Balaban J connectivity index is 0.00000361. The number of nitrogens with zero attached hydrogens (tertiary/aromatic N) is 2. The second-order valence-corrected chi connectivity index (χ2v) is 8.76. The Labute approximate surface area is 220 Å². The van der Waals surface area contributed by atoms with Gasteiger partial charge in [-0.2, -0.15) is 0 Å². The van der Waals surface area contributed by atoms with Gasteiger partial charge in [0, 0.05) is 37.3 Å². The number of thiazole rings is 1. The lowest BCUT2D eigenvalue weighted by Crippen LogP contribution is -2.28. The summed E-state index contributed by atoms with van der Waals surface area (Å²) in [5.74, 6) is 2.12. The summed E-state index contributed by atoms with van der Waals surface area (Å²) in [5, 5.41) is 0.847. The first kappa shape index (κ1) is 27.3. The molecule has 1 aromatic heterocycles. The van der Waals surface area contributed by atoms with E-state index in [1.807, 2.05) is 30.3 Å². The van der Waals surface area contributed by atoms with Crippen LogP contribution in [0.5, 0.6) is 23.0 Å². The lowest BCUT2D eigenvalue weighted by Gasteiger charge is -2.22. The van der Waals surface area contributed by atoms with Crippen LogP contribution in [0.25, 0.3) is 10.2 Å². The third-order valence-corrected chi connectivity index (χ3v) is 6.57. The van der Waals surface area contributed by atoms with E-state index in [4.69, 9.17) is 29.7 Å². The molecule has 0 amide bonds. The number of ether oxygens (including phenoxy) is 4. The van der Waals surface area contributed by atoms with E-state index in [0.29, 0.717) is 48.2 Å². The number of anilines is 1. The molecule has 0 aliphatic heterocycles. The van der Waals surface area contributed by atoms with Crippen molar-refractivity contribution in [1.29, 1.82) is 0 Å². The van der Waals surface area contributed by atoms with E-state index >= 15 is 0 Å². The normalized spacial score (nSPS) is 10.6. The van der Waals surface area contributed by atoms with Crippen molar-refractivity contribution in [2.24, 2.45) is 5.73 Å². The minimum atomic E-state index is -0.299. The molecule has 0 saturated heterocycles. The smallest absolute Gasteiger partial charge is 0.186 e. The SMILES string of the molecule is COc1cc2nc(N(CCN)Cc3ccc(OCc4ccccc4F)c(OC)c3)sc2cc1OC.Cl. The Morgan fingerprint density at radius 1 is 0.917 bits per heavy atom. The zero-order valence-corrected chi connectivity index (χ0v) is 22.0. The van der Waals surface area contributed by atoms with Gasteiger partial charge in [-0.15, -0.1) is 12.4 Å². The van der Waals surface area contributed by atoms with Crippen molar-refractivity contribution < 1.29 is 23.3 Å². The lowest BCUT2D eigenvalue weighted by molar-refractivity contribution is 0.279. The molecule has 0 saturated carbocycles. The first-order chi connectivity index (χ1) is 17.1. The fraction of sp³-hybridized carbons (Fsp3) is 0.269. The standard InChI is InChI=1S/C26H28FN3O4S.ClH/c1-31-22-12-17(8-9-21(22)34-16-18-6-4-5-7-19(18)27)15-30(11-10-28)26-29-20-13-23(32-2)24(33-3)14-25(20)35-26;/h4-9,12-14H,10-11,15-16,28H2,1-3H3;1H. The van der Waals surface area contributed by atoms with Crippen molar-refractivity contribution in [3.8, 4) is 23.0 Å². The maximum atomic E-state index is 13.9. The van der Waals surface area contributed by atoms with Crippen molar-refractivity contribution >= 4 is 39.1 Å². The Bertz CT molecular complexity index is 1260. The molecular weight excluding hydrogens is 505 g/mol. The molecule has 0 atom stereocenters. The molecule has 0 unspecified atom stereocenters. The topological polar surface area (TPSA) is 79.1 Å². The molecule has 0 spiro atoms. The predicted octanol–water partition coefficient (Wildman–Crippen LogP) is 5.43. The van der Waals surface area contributed by atoms with Crippen LogP contribution in [0.3, 0.4) is 0 Å². The molecular formula is C26H29ClFN3O4S. The summed E-state index contributed by atoms with van der Waals surface area (Å²) in [5.41, 5.74) is 8.23. The summed E-state index contributed by atoms with van der Waals surface area (Å²) in [6.45, 7) is 1.79. The number of rotatable bonds is 11. The van der Waals surface area contributed by atoms with Crippen LogP contribution in [0, 0.1) is 5.82 Å². The number of hydrogen-bond donors (Lipinski definition) is 1. The molecule has 4 aromatic rings. The summed E-state index contributed by atoms with van der Waals surface area (Å²) in [6, 6.07) is 16.1. The highest BCUT2D eigenvalue weighted by molar-refractivity contribution is 7.22. The fourth-order valence-corrected chi connectivity index (χ4v) is 4.70. The monoisotopic (exact) mass is 533 g/mol. The molecule has 0 bridgehead atoms. The van der Waals surface area contributed by atoms with Crippen LogP contribution >= 0.6 is 23.7 Å². The van der Waals surface area contributed by atoms with Gasteiger partial charge in [0.1, 0.15) is 12.4 Å². The van der Waals surface area contributed by atoms with Crippen LogP contribution in [0.15, 0.2) is 54.6 Å². The van der Waals surface area contributed by atoms with Crippen molar-refractivity contribution in [3.63, 3.8) is 0 Å². The highest BCUT2D eigenvalue weighted by Crippen LogP contribution is 2.38. The van der Waals surface area contributed by atoms with Crippen LogP contribution in [-0.4, -0.2) is 39.4 Å². The molecule has 192 valence electrons. The van der Waals surface area contributed by atoms with E-state index in [-0.39, 0.29) is 24.8 Å². The minimum Gasteiger partial charge on any atom is -0.493 e. The Kier molecular flexibility index (Phi) is 9.58. The molecule has 3 aromatic carbocycles. The molecule has 7 nitrogen and oxygen atoms in total. The number of nitrogens with two attached hydrogens (primary N) is 1. The number of hydrogen-bond acceptors (Lipinski definition) is 8. The summed E-state index contributed by atoms with van der Waals surface area (Å²) in [7, 11) is 4.80. The Hall–Kier alpha value is -3.27. The van der Waals surface area contributed by atoms with Crippen molar-refractivity contribution in [2.75, 3.05) is 39.3 Å². The first-order valence-corrected chi connectivity index (χ1v) is 11.9. The van der Waals surface area contributed by atoms with Gasteiger partial charge in [0.25, 0.3) is 0 Å². The van der Waals surface area contributed by atoms with Crippen molar-refractivity contribution in [2.45, 2.75) is 13.2 Å². The molecule has 0 aliphatic rings. The second kappa shape index (κ2) is 12.6. The average molecular weight is 534 g/mol. The molecule has 4 rings (SSSR count).